The molecule has 1 fully saturated rings. The first-order valence-corrected chi connectivity index (χ1v) is 8.12. The molecule has 134 valence electrons. The van der Waals surface area contributed by atoms with E-state index in [9.17, 15) is 13.2 Å². The molecule has 0 spiro atoms. The SMILES string of the molecule is NC1CCCCC1N.O=C(O)c1cc(S(=O)(=O)O)ccc1O.[Pt]. The number of carbonyl (C=O) groups is 1. The number of phenols is 1. The number of nitrogens with two attached hydrogens (primary N) is 2. The van der Waals surface area contributed by atoms with Gasteiger partial charge >= 0.3 is 5.97 Å². The molecule has 0 radical (unpaired) electrons. The molecule has 1 aromatic rings. The smallest absolute Gasteiger partial charge is 0.339 e. The van der Waals surface area contributed by atoms with Gasteiger partial charge in [0.2, 0.25) is 0 Å². The van der Waals surface area contributed by atoms with Gasteiger partial charge in [-0.25, -0.2) is 4.79 Å². The Kier molecular flexibility index (Phi) is 8.94. The zero-order valence-electron chi connectivity index (χ0n) is 12.2. The van der Waals surface area contributed by atoms with Crippen LogP contribution in [0.5, 0.6) is 5.75 Å². The number of rotatable bonds is 2. The first-order valence-electron chi connectivity index (χ1n) is 6.68. The van der Waals surface area contributed by atoms with E-state index in [4.69, 9.17) is 26.2 Å². The quantitative estimate of drug-likeness (QED) is 0.348. The third kappa shape index (κ3) is 6.97. The molecule has 1 aliphatic rings. The summed E-state index contributed by atoms with van der Waals surface area (Å²) in [5.74, 6) is -2.04. The summed E-state index contributed by atoms with van der Waals surface area (Å²) in [7, 11) is -4.45. The van der Waals surface area contributed by atoms with Gasteiger partial charge in [0.15, 0.2) is 0 Å². The Morgan fingerprint density at radius 2 is 1.61 bits per heavy atom. The van der Waals surface area contributed by atoms with Gasteiger partial charge in [-0.3, -0.25) is 4.55 Å². The topological polar surface area (TPSA) is 164 Å². The van der Waals surface area contributed by atoms with Gasteiger partial charge < -0.3 is 21.7 Å². The van der Waals surface area contributed by atoms with Crippen LogP contribution in [0.4, 0.5) is 0 Å². The molecule has 0 saturated heterocycles. The molecular weight excluding hydrogens is 507 g/mol. The third-order valence-corrected chi connectivity index (χ3v) is 4.22. The Morgan fingerprint density at radius 1 is 1.13 bits per heavy atom. The summed E-state index contributed by atoms with van der Waals surface area (Å²) in [6.07, 6.45) is 4.80. The molecule has 2 unspecified atom stereocenters. The van der Waals surface area contributed by atoms with Gasteiger partial charge in [0.25, 0.3) is 10.1 Å². The fraction of sp³-hybridized carbons (Fsp3) is 0.462. The van der Waals surface area contributed by atoms with Crippen LogP contribution in [0.15, 0.2) is 23.1 Å². The third-order valence-electron chi connectivity index (χ3n) is 3.37. The first kappa shape index (κ1) is 22.0. The number of aromatic carboxylic acids is 1. The predicted octanol–water partition coefficient (Wildman–Crippen LogP) is 0.550. The van der Waals surface area contributed by atoms with Crippen molar-refractivity contribution in [1.29, 1.82) is 0 Å². The van der Waals surface area contributed by atoms with Crippen molar-refractivity contribution in [3.05, 3.63) is 23.8 Å². The van der Waals surface area contributed by atoms with Gasteiger partial charge in [0.1, 0.15) is 11.3 Å². The Labute approximate surface area is 148 Å². The summed E-state index contributed by atoms with van der Waals surface area (Å²) in [4.78, 5) is 9.89. The molecule has 0 bridgehead atoms. The van der Waals surface area contributed by atoms with E-state index in [0.29, 0.717) is 6.07 Å². The van der Waals surface area contributed by atoms with Crippen molar-refractivity contribution in [2.24, 2.45) is 11.5 Å². The normalized spacial score (nSPS) is 20.7. The average molecular weight is 527 g/mol. The molecule has 23 heavy (non-hydrogen) atoms. The molecule has 8 nitrogen and oxygen atoms in total. The van der Waals surface area contributed by atoms with E-state index in [-0.39, 0.29) is 33.1 Å². The number of aromatic hydroxyl groups is 1. The van der Waals surface area contributed by atoms with Crippen molar-refractivity contribution < 1.29 is 49.0 Å². The van der Waals surface area contributed by atoms with E-state index in [1.54, 1.807) is 0 Å². The van der Waals surface area contributed by atoms with Gasteiger partial charge in [0, 0.05) is 33.1 Å². The summed E-state index contributed by atoms with van der Waals surface area (Å²) < 4.78 is 29.8. The van der Waals surface area contributed by atoms with Crippen LogP contribution in [0.3, 0.4) is 0 Å². The number of hydrogen-bond donors (Lipinski definition) is 5. The molecule has 0 aliphatic heterocycles. The number of hydrogen-bond acceptors (Lipinski definition) is 6. The van der Waals surface area contributed by atoms with Gasteiger partial charge in [-0.2, -0.15) is 8.42 Å². The summed E-state index contributed by atoms with van der Waals surface area (Å²) in [6, 6.07) is 3.02. The molecule has 1 saturated carbocycles. The second-order valence-electron chi connectivity index (χ2n) is 5.07. The predicted molar refractivity (Wildman–Crippen MR) is 79.3 cm³/mol. The second kappa shape index (κ2) is 9.34. The Balaban J connectivity index is 0.000000460. The van der Waals surface area contributed by atoms with Crippen LogP contribution in [0, 0.1) is 0 Å². The maximum atomic E-state index is 10.6. The van der Waals surface area contributed by atoms with Crippen LogP contribution < -0.4 is 11.5 Å². The fourth-order valence-electron chi connectivity index (χ4n) is 2.04. The minimum atomic E-state index is -4.45. The molecule has 10 heteroatoms. The van der Waals surface area contributed by atoms with Gasteiger partial charge in [0.05, 0.1) is 4.90 Å². The minimum absolute atomic E-state index is 0. The molecule has 7 N–H and O–H groups in total. The van der Waals surface area contributed by atoms with Crippen LogP contribution in [-0.2, 0) is 31.2 Å². The summed E-state index contributed by atoms with van der Waals surface area (Å²) in [6.45, 7) is 0. The Bertz CT molecular complexity index is 627. The van der Waals surface area contributed by atoms with E-state index < -0.39 is 32.3 Å². The number of carboxylic acid groups (broad SMARTS) is 1. The summed E-state index contributed by atoms with van der Waals surface area (Å²) in [5, 5.41) is 17.5. The van der Waals surface area contributed by atoms with E-state index in [1.807, 2.05) is 0 Å². The number of benzene rings is 1. The maximum Gasteiger partial charge on any atom is 0.339 e. The monoisotopic (exact) mass is 527 g/mol. The molecule has 1 aliphatic carbocycles. The zero-order valence-corrected chi connectivity index (χ0v) is 15.2. The van der Waals surface area contributed by atoms with Crippen LogP contribution >= 0.6 is 0 Å². The van der Waals surface area contributed by atoms with Crippen LogP contribution in [0.2, 0.25) is 0 Å². The molecule has 0 amide bonds. The second-order valence-corrected chi connectivity index (χ2v) is 6.49. The first-order chi connectivity index (χ1) is 10.1. The van der Waals surface area contributed by atoms with Crippen molar-refractivity contribution in [1.82, 2.24) is 0 Å². The van der Waals surface area contributed by atoms with Gasteiger partial charge in [-0.1, -0.05) is 12.8 Å². The van der Waals surface area contributed by atoms with Crippen LogP contribution in [-0.4, -0.2) is 41.2 Å². The molecular formula is C13H20N2O6PtS. The molecule has 2 rings (SSSR count). The largest absolute Gasteiger partial charge is 0.507 e. The van der Waals surface area contributed by atoms with E-state index in [0.717, 1.165) is 25.0 Å². The molecule has 0 aromatic heterocycles. The van der Waals surface area contributed by atoms with E-state index in [2.05, 4.69) is 0 Å². The van der Waals surface area contributed by atoms with Crippen molar-refractivity contribution in [2.75, 3.05) is 0 Å². The van der Waals surface area contributed by atoms with Gasteiger partial charge in [-0.15, -0.1) is 0 Å². The zero-order chi connectivity index (χ0) is 16.9. The van der Waals surface area contributed by atoms with Crippen molar-refractivity contribution in [3.8, 4) is 5.75 Å². The van der Waals surface area contributed by atoms with E-state index >= 15 is 0 Å². The molecule has 1 aromatic carbocycles. The van der Waals surface area contributed by atoms with Crippen LogP contribution in [0.1, 0.15) is 36.0 Å². The maximum absolute atomic E-state index is 10.6. The standard InChI is InChI=1S/C7H6O6S.C6H14N2.Pt/c8-6-2-1-4(14(11,12)13)3-5(6)7(9)10;7-5-3-1-2-4-6(5)8;/h1-3,8H,(H,9,10)(H,11,12,13);5-6H,1-4,7-8H2;. The van der Waals surface area contributed by atoms with Crippen molar-refractivity contribution in [3.63, 3.8) is 0 Å². The Morgan fingerprint density at radius 3 is 1.96 bits per heavy atom. The van der Waals surface area contributed by atoms with E-state index in [1.165, 1.54) is 12.8 Å². The van der Waals surface area contributed by atoms with Gasteiger partial charge in [-0.05, 0) is 31.0 Å². The van der Waals surface area contributed by atoms with Crippen molar-refractivity contribution >= 4 is 16.1 Å². The number of carboxylic acids is 1. The van der Waals surface area contributed by atoms with Crippen molar-refractivity contribution in [2.45, 2.75) is 42.7 Å². The minimum Gasteiger partial charge on any atom is -0.507 e. The fourth-order valence-corrected chi connectivity index (χ4v) is 2.54. The van der Waals surface area contributed by atoms with Crippen LogP contribution in [0.25, 0.3) is 0 Å². The summed E-state index contributed by atoms with van der Waals surface area (Å²) in [5.41, 5.74) is 10.7. The average Bonchev–Trinajstić information content (AvgIpc) is 2.42. The molecule has 0 heterocycles. The Hall–Kier alpha value is -0.992. The molecule has 2 atom stereocenters. The summed E-state index contributed by atoms with van der Waals surface area (Å²) >= 11 is 0.